The maximum atomic E-state index is 15.6. The Morgan fingerprint density at radius 3 is 1.61 bits per heavy atom. The fourth-order valence-electron chi connectivity index (χ4n) is 12.6. The first-order chi connectivity index (χ1) is 54.6. The number of nitrogens with one attached hydrogen (secondary N) is 14. The van der Waals surface area contributed by atoms with Crippen molar-refractivity contribution in [1.82, 2.24) is 74.1 Å². The number of H-pyrrole nitrogens is 1. The van der Waals surface area contributed by atoms with Crippen LogP contribution in [-0.4, -0.2) is 218 Å². The number of phenolic OH excluding ortho intramolecular Hbond substituents is 1. The van der Waals surface area contributed by atoms with Crippen molar-refractivity contribution in [3.05, 3.63) is 173 Å². The number of aromatic amines is 1. The molecule has 33 nitrogen and oxygen atoms in total. The molecule has 35 heteroatoms. The summed E-state index contributed by atoms with van der Waals surface area (Å²) in [5.41, 5.74) is 16.3. The molecular weight excluding hydrogens is 1510 g/mol. The van der Waals surface area contributed by atoms with Crippen LogP contribution in [0.1, 0.15) is 92.7 Å². The highest BCUT2D eigenvalue weighted by molar-refractivity contribution is 8.76. The van der Waals surface area contributed by atoms with E-state index in [2.05, 4.69) is 74.1 Å². The number of carbonyl (C=O) groups is 13. The number of aromatic nitrogens is 1. The van der Waals surface area contributed by atoms with E-state index in [-0.39, 0.29) is 69.0 Å². The van der Waals surface area contributed by atoms with Crippen LogP contribution in [0.2, 0.25) is 0 Å². The lowest BCUT2D eigenvalue weighted by atomic mass is 9.99. The third kappa shape index (κ3) is 27.7. The Morgan fingerprint density at radius 1 is 0.526 bits per heavy atom. The van der Waals surface area contributed by atoms with Crippen LogP contribution in [0.25, 0.3) is 10.9 Å². The zero-order valence-electron chi connectivity index (χ0n) is 63.5. The van der Waals surface area contributed by atoms with Gasteiger partial charge in [-0.05, 0) is 104 Å². The Balaban J connectivity index is 1.25. The van der Waals surface area contributed by atoms with Gasteiger partial charge in [0.05, 0.1) is 18.8 Å². The molecule has 612 valence electrons. The van der Waals surface area contributed by atoms with Crippen molar-refractivity contribution >= 4 is 109 Å². The lowest BCUT2D eigenvalue weighted by Crippen LogP contribution is -2.63. The number of phenols is 1. The van der Waals surface area contributed by atoms with E-state index in [1.54, 1.807) is 103 Å². The minimum Gasteiger partial charge on any atom is -0.508 e. The van der Waals surface area contributed by atoms with Crippen LogP contribution >= 0.6 is 21.6 Å². The van der Waals surface area contributed by atoms with Gasteiger partial charge in [0, 0.05) is 79.8 Å². The maximum Gasteiger partial charge on any atom is 0.327 e. The normalized spacial score (nSPS) is 23.5. The van der Waals surface area contributed by atoms with Gasteiger partial charge in [0.25, 0.3) is 0 Å². The van der Waals surface area contributed by atoms with Crippen molar-refractivity contribution in [2.75, 3.05) is 31.2 Å². The smallest absolute Gasteiger partial charge is 0.327 e. The van der Waals surface area contributed by atoms with Crippen LogP contribution in [0.4, 0.5) is 0 Å². The first-order valence-corrected chi connectivity index (χ1v) is 40.2. The minimum absolute atomic E-state index is 0.0524. The molecular formula is C79H102N16O17S2. The predicted octanol–water partition coefficient (Wildman–Crippen LogP) is -1.17. The number of nitrogens with two attached hydrogens (primary N) is 2. The highest BCUT2D eigenvalue weighted by Gasteiger charge is 2.39. The molecule has 0 unspecified atom stereocenters. The van der Waals surface area contributed by atoms with Crippen molar-refractivity contribution in [1.29, 1.82) is 0 Å². The van der Waals surface area contributed by atoms with Gasteiger partial charge in [-0.1, -0.05) is 151 Å². The lowest BCUT2D eigenvalue weighted by Gasteiger charge is -2.29. The molecule has 22 N–H and O–H groups in total. The van der Waals surface area contributed by atoms with E-state index in [0.717, 1.165) is 27.2 Å². The second-order valence-electron chi connectivity index (χ2n) is 28.4. The summed E-state index contributed by atoms with van der Waals surface area (Å²) in [5, 5.41) is 77.9. The van der Waals surface area contributed by atoms with Gasteiger partial charge < -0.3 is 106 Å². The SMILES string of the molecule is CC(C)NCc1ccc(C[C@@H]2NC(=O)[C@@H](Cc3c[nH]c4ccccc34)NC(=O)[C@@H]3CCC(=O)NCC[C@H](NC(=O)[C@H](Cc4ccccc4)NC(=O)[C@@H]([C@@H](C)O)NC2=O)C(=O)N[C@@H](CO)C(=O)N[C@H](C(=O)O)CSSC[C@H](NC(=O)[C@@H](N)Cc2ccc(O)cc2)C(=O)N[C@@H](CCCCN)C(=O)N[C@@H](Cc2ccccc2)C(=O)N3)cc1. The molecule has 2 bridgehead atoms. The number of aromatic hydroxyl groups is 1. The summed E-state index contributed by atoms with van der Waals surface area (Å²) in [4.78, 5) is 195. The number of benzene rings is 5. The number of hydrogen-bond acceptors (Lipinski definition) is 21. The predicted molar refractivity (Wildman–Crippen MR) is 427 cm³/mol. The molecule has 0 aliphatic carbocycles. The zero-order chi connectivity index (χ0) is 82.4. The van der Waals surface area contributed by atoms with Crippen LogP contribution in [0.3, 0.4) is 0 Å². The molecule has 8 rings (SSSR count). The summed E-state index contributed by atoms with van der Waals surface area (Å²) in [6.45, 7) is 4.15. The van der Waals surface area contributed by atoms with Crippen molar-refractivity contribution in [2.45, 2.75) is 183 Å². The van der Waals surface area contributed by atoms with E-state index in [1.165, 1.54) is 31.2 Å². The van der Waals surface area contributed by atoms with Gasteiger partial charge in [0.15, 0.2) is 0 Å². The van der Waals surface area contributed by atoms with Gasteiger partial charge in [-0.15, -0.1) is 0 Å². The number of unbranched alkanes of at least 4 members (excludes halogenated alkanes) is 1. The highest BCUT2D eigenvalue weighted by atomic mass is 33.1. The summed E-state index contributed by atoms with van der Waals surface area (Å²) < 4.78 is 0. The molecule has 114 heavy (non-hydrogen) atoms. The first-order valence-electron chi connectivity index (χ1n) is 37.7. The van der Waals surface area contributed by atoms with E-state index in [0.29, 0.717) is 51.7 Å². The number of carbonyl (C=O) groups excluding carboxylic acids is 12. The Bertz CT molecular complexity index is 4280. The van der Waals surface area contributed by atoms with Crippen LogP contribution in [-0.2, 0) is 101 Å². The largest absolute Gasteiger partial charge is 0.508 e. The summed E-state index contributed by atoms with van der Waals surface area (Å²) in [6, 6.07) is 16.7. The van der Waals surface area contributed by atoms with Crippen molar-refractivity contribution in [3.63, 3.8) is 0 Å². The van der Waals surface area contributed by atoms with Crippen molar-refractivity contribution in [2.24, 2.45) is 11.5 Å². The van der Waals surface area contributed by atoms with Gasteiger partial charge in [-0.25, -0.2) is 4.79 Å². The molecule has 13 atom stereocenters. The second-order valence-corrected chi connectivity index (χ2v) is 30.9. The molecule has 1 aromatic heterocycles. The molecule has 2 aliphatic rings. The molecule has 2 saturated heterocycles. The topological polar surface area (TPSA) is 527 Å². The molecule has 5 aromatic carbocycles. The Kier molecular flexibility index (Phi) is 34.6. The number of aliphatic hydroxyl groups is 2. The maximum absolute atomic E-state index is 15.6. The zero-order valence-corrected chi connectivity index (χ0v) is 65.1. The van der Waals surface area contributed by atoms with E-state index in [4.69, 9.17) is 11.5 Å². The van der Waals surface area contributed by atoms with Crippen molar-refractivity contribution < 1.29 is 82.8 Å². The number of carboxylic acids is 1. The third-order valence-electron chi connectivity index (χ3n) is 19.0. The summed E-state index contributed by atoms with van der Waals surface area (Å²) >= 11 is 0. The second kappa shape index (κ2) is 44.5. The van der Waals surface area contributed by atoms with Gasteiger partial charge >= 0.3 is 5.97 Å². The lowest BCUT2D eigenvalue weighted by molar-refractivity contribution is -0.142. The molecule has 12 amide bonds. The summed E-state index contributed by atoms with van der Waals surface area (Å²) in [5.74, 6) is -14.7. The molecule has 0 radical (unpaired) electrons. The Hall–Kier alpha value is -11.0. The van der Waals surface area contributed by atoms with Crippen LogP contribution in [0, 0.1) is 0 Å². The van der Waals surface area contributed by atoms with Crippen molar-refractivity contribution in [3.8, 4) is 5.75 Å². The number of fused-ring (bicyclic) bond motifs is 8. The average Bonchev–Trinajstić information content (AvgIpc) is 1.66. The number of aliphatic carboxylic acids is 1. The molecule has 0 spiro atoms. The monoisotopic (exact) mass is 1610 g/mol. The number of hydrogen-bond donors (Lipinski definition) is 20. The van der Waals surface area contributed by atoms with E-state index in [9.17, 15) is 58.8 Å². The Labute approximate surface area is 666 Å². The average molecular weight is 1610 g/mol. The Morgan fingerprint density at radius 2 is 1.02 bits per heavy atom. The van der Waals surface area contributed by atoms with E-state index < -0.39 is 194 Å². The number of para-hydroxylation sites is 1. The third-order valence-corrected chi connectivity index (χ3v) is 21.5. The number of amides is 12. The quantitative estimate of drug-likeness (QED) is 0.0281. The molecule has 3 heterocycles. The van der Waals surface area contributed by atoms with E-state index in [1.807, 2.05) is 26.0 Å². The standard InChI is InChI=1S/C79H102N16O17S2/c1-44(2)83-39-50-23-21-49(22-24-50)37-61-75(107)95-67(45(3)97)78(110)91-60(36-47-16-8-5-9-17-47)73(105)87-58-31-33-82-66(99)30-29-57(70(102)90-62(74(106)89-61)38-51-40-84-55-19-11-10-18-53(51)55)86-72(104)59(35-46-14-6-4-7-15-46)88-69(101)56(20-12-13-32-80)85-77(109)64(93-68(100)54(81)34-48-25-27-52(98)28-26-48)42-113-114-43-65(79(111)112)94-76(108)63(41-96)92-71(58)103/h4-11,14-19,21-28,40,44-45,54,56-65,67,83-84,96-98H,12-13,20,29-39,41-43,80-81H2,1-3H3,(H,82,99)(H,85,109)(H,86,104)(H,87,105)(H,88,101)(H,89,106)(H,90,102)(H,91,110)(H,92,103)(H,93,100)(H,94,108)(H,95,107)(H,111,112)/t45-,54+,56+,57+,58+,59+,60+,61+,62-,63+,64+,65+,67-/m1/s1. The van der Waals surface area contributed by atoms with Crippen LogP contribution in [0.5, 0.6) is 5.75 Å². The van der Waals surface area contributed by atoms with Crippen LogP contribution in [0.15, 0.2) is 140 Å². The molecule has 2 fully saturated rings. The number of carboxylic acid groups (broad SMARTS) is 1. The van der Waals surface area contributed by atoms with E-state index >= 15 is 24.0 Å². The number of aliphatic hydroxyl groups excluding tert-OH is 2. The van der Waals surface area contributed by atoms with Gasteiger partial charge in [-0.2, -0.15) is 0 Å². The number of rotatable bonds is 22. The van der Waals surface area contributed by atoms with Gasteiger partial charge in [0.1, 0.15) is 72.2 Å². The minimum atomic E-state index is -1.94. The van der Waals surface area contributed by atoms with Gasteiger partial charge in [-0.3, -0.25) is 57.5 Å². The highest BCUT2D eigenvalue weighted by Crippen LogP contribution is 2.25. The fourth-order valence-corrected chi connectivity index (χ4v) is 14.9. The molecule has 6 aromatic rings. The molecule has 2 aliphatic heterocycles. The summed E-state index contributed by atoms with van der Waals surface area (Å²) in [6.07, 6.45) is -2.53. The summed E-state index contributed by atoms with van der Waals surface area (Å²) in [7, 11) is 1.67. The van der Waals surface area contributed by atoms with Crippen LogP contribution < -0.4 is 80.6 Å². The molecule has 0 saturated carbocycles. The fraction of sp³-hybridized carbons (Fsp3) is 0.430. The van der Waals surface area contributed by atoms with Gasteiger partial charge in [0.2, 0.25) is 70.9 Å². The first kappa shape index (κ1) is 88.6.